The molecule has 4 atom stereocenters. The number of phosphoric acid groups is 1. The van der Waals surface area contributed by atoms with Gasteiger partial charge in [0.25, 0.3) is 12.1 Å². The summed E-state index contributed by atoms with van der Waals surface area (Å²) in [6.07, 6.45) is -2.13. The predicted octanol–water partition coefficient (Wildman–Crippen LogP) is 2.46. The van der Waals surface area contributed by atoms with Crippen molar-refractivity contribution >= 4 is 47.5 Å². The minimum absolute atomic E-state index is 0.0646. The first-order valence-corrected chi connectivity index (χ1v) is 16.1. The molecule has 12 nitrogen and oxygen atoms in total. The van der Waals surface area contributed by atoms with Crippen molar-refractivity contribution in [2.24, 2.45) is 16.6 Å². The predicted molar refractivity (Wildman–Crippen MR) is 150 cm³/mol. The number of nitrogens with zero attached hydrogens (tertiary/aromatic N) is 1. The maximum atomic E-state index is 13.4. The summed E-state index contributed by atoms with van der Waals surface area (Å²) in [4.78, 5) is 35.8. The van der Waals surface area contributed by atoms with E-state index in [0.29, 0.717) is 0 Å². The second kappa shape index (κ2) is 14.7. The average Bonchev–Trinajstić information content (AvgIpc) is 3.15. The molecule has 0 aromatic carbocycles. The fraction of sp³-hybridized carbons (Fsp3) is 0.680. The van der Waals surface area contributed by atoms with Crippen molar-refractivity contribution in [1.29, 1.82) is 0 Å². The van der Waals surface area contributed by atoms with E-state index in [1.807, 2.05) is 0 Å². The Balaban J connectivity index is 2.04. The molecule has 0 spiro atoms. The Hall–Kier alpha value is -1.35. The van der Waals surface area contributed by atoms with E-state index in [0.717, 1.165) is 23.5 Å². The number of amides is 1. The van der Waals surface area contributed by atoms with Gasteiger partial charge in [-0.3, -0.25) is 28.0 Å². The molecule has 1 aliphatic rings. The number of nitrogens with two attached hydrogens (primary N) is 1. The van der Waals surface area contributed by atoms with Gasteiger partial charge in [0.2, 0.25) is 0 Å². The summed E-state index contributed by atoms with van der Waals surface area (Å²) >= 11 is 2.05. The maximum Gasteiger partial charge on any atom is 0.474 e. The molecule has 2 heterocycles. The largest absolute Gasteiger partial charge is 0.474 e. The van der Waals surface area contributed by atoms with E-state index in [-0.39, 0.29) is 40.5 Å². The molecule has 0 radical (unpaired) electrons. The van der Waals surface area contributed by atoms with Gasteiger partial charge >= 0.3 is 7.82 Å². The third kappa shape index (κ3) is 10.5. The number of aliphatic hydroxyl groups excluding tert-OH is 2. The van der Waals surface area contributed by atoms with Crippen LogP contribution < -0.4 is 10.3 Å². The van der Waals surface area contributed by atoms with Crippen LogP contribution in [0.5, 0.6) is 0 Å². The molecule has 15 heteroatoms. The van der Waals surface area contributed by atoms with Gasteiger partial charge in [-0.25, -0.2) is 4.57 Å². The lowest BCUT2D eigenvalue weighted by Gasteiger charge is -2.21. The summed E-state index contributed by atoms with van der Waals surface area (Å²) in [5, 5.41) is 21.0. The molecule has 0 saturated carbocycles. The molecule has 0 aliphatic carbocycles. The summed E-state index contributed by atoms with van der Waals surface area (Å²) in [7, 11) is -4.22. The monoisotopic (exact) mass is 623 g/mol. The first kappa shape index (κ1) is 34.8. The molecule has 1 aromatic heterocycles. The van der Waals surface area contributed by atoms with Crippen molar-refractivity contribution in [2.75, 3.05) is 31.3 Å². The first-order chi connectivity index (χ1) is 18.4. The molecule has 1 aliphatic heterocycles. The highest BCUT2D eigenvalue weighted by atomic mass is 32.2. The van der Waals surface area contributed by atoms with Gasteiger partial charge in [0.15, 0.2) is 28.7 Å². The van der Waals surface area contributed by atoms with Crippen molar-refractivity contribution in [2.45, 2.75) is 66.1 Å². The van der Waals surface area contributed by atoms with Crippen LogP contribution in [-0.2, 0) is 32.5 Å². The number of thioether (sulfide) groups is 2. The molecule has 40 heavy (non-hydrogen) atoms. The Morgan fingerprint density at radius 3 is 1.98 bits per heavy atom. The Labute approximate surface area is 243 Å². The Morgan fingerprint density at radius 1 is 0.975 bits per heavy atom. The second-order valence-corrected chi connectivity index (χ2v) is 14.9. The zero-order valence-electron chi connectivity index (χ0n) is 23.6. The van der Waals surface area contributed by atoms with E-state index in [1.165, 1.54) is 29.1 Å². The number of hydrogen-bond acceptors (Lipinski definition) is 12. The second-order valence-electron chi connectivity index (χ2n) is 11.1. The molecule has 1 saturated heterocycles. The van der Waals surface area contributed by atoms with Crippen LogP contribution in [-0.4, -0.2) is 76.0 Å². The Kier molecular flexibility index (Phi) is 12.8. The smallest absolute Gasteiger partial charge is 0.387 e. The zero-order chi connectivity index (χ0) is 30.3. The lowest BCUT2D eigenvalue weighted by molar-refractivity contribution is -0.765. The van der Waals surface area contributed by atoms with Crippen LogP contribution in [0, 0.1) is 10.8 Å². The van der Waals surface area contributed by atoms with E-state index >= 15 is 0 Å². The molecule has 1 amide bonds. The number of hydrogen-bond donors (Lipinski definition) is 3. The van der Waals surface area contributed by atoms with Gasteiger partial charge in [-0.2, -0.15) is 4.57 Å². The van der Waals surface area contributed by atoms with Crippen molar-refractivity contribution in [3.05, 3.63) is 30.1 Å². The topological polar surface area (TPSA) is 176 Å². The minimum atomic E-state index is -4.22. The van der Waals surface area contributed by atoms with E-state index in [2.05, 4.69) is 0 Å². The SMILES string of the molecule is CC(C)(C)C(=O)SCCOP(=O)(OCCSC(=O)C(C)(C)C)OC[C@H]1O[C@@H]([n+]2cccc(C(N)=O)c2)[C@@H](O)C1O. The van der Waals surface area contributed by atoms with Crippen LogP contribution in [0.25, 0.3) is 0 Å². The van der Waals surface area contributed by atoms with Crippen LogP contribution in [0.3, 0.4) is 0 Å². The fourth-order valence-electron chi connectivity index (χ4n) is 3.19. The van der Waals surface area contributed by atoms with Gasteiger partial charge in [0, 0.05) is 28.4 Å². The third-order valence-corrected chi connectivity index (χ3v) is 9.44. The van der Waals surface area contributed by atoms with Crippen LogP contribution in [0.1, 0.15) is 58.1 Å². The van der Waals surface area contributed by atoms with Gasteiger partial charge in [-0.05, 0) is 6.07 Å². The number of phosphoric ester groups is 1. The van der Waals surface area contributed by atoms with Gasteiger partial charge in [0.1, 0.15) is 17.8 Å². The van der Waals surface area contributed by atoms with E-state index in [9.17, 15) is 29.2 Å². The normalized spacial score (nSPS) is 21.9. The number of rotatable bonds is 13. The van der Waals surface area contributed by atoms with Crippen molar-refractivity contribution in [3.8, 4) is 0 Å². The van der Waals surface area contributed by atoms with Gasteiger partial charge in [0.05, 0.1) is 19.8 Å². The molecular formula is C25H40N2O10PS2+. The number of aromatic nitrogens is 1. The van der Waals surface area contributed by atoms with Gasteiger partial charge < -0.3 is 20.7 Å². The molecule has 0 bridgehead atoms. The zero-order valence-corrected chi connectivity index (χ0v) is 26.1. The number of primary amides is 1. The summed E-state index contributed by atoms with van der Waals surface area (Å²) < 4.78 is 36.9. The fourth-order valence-corrected chi connectivity index (χ4v) is 6.19. The molecule has 226 valence electrons. The van der Waals surface area contributed by atoms with Crippen LogP contribution >= 0.6 is 31.3 Å². The van der Waals surface area contributed by atoms with Gasteiger partial charge in [-0.1, -0.05) is 65.1 Å². The number of carbonyl (C=O) groups is 3. The van der Waals surface area contributed by atoms with E-state index < -0.39 is 55.7 Å². The molecule has 1 aromatic rings. The highest BCUT2D eigenvalue weighted by Crippen LogP contribution is 2.50. The van der Waals surface area contributed by atoms with Gasteiger partial charge in [-0.15, -0.1) is 0 Å². The third-order valence-electron chi connectivity index (χ3n) is 5.49. The lowest BCUT2D eigenvalue weighted by Crippen LogP contribution is -2.46. The molecule has 2 rings (SSSR count). The first-order valence-electron chi connectivity index (χ1n) is 12.6. The molecule has 1 unspecified atom stereocenters. The Morgan fingerprint density at radius 2 is 1.50 bits per heavy atom. The highest BCUT2D eigenvalue weighted by Gasteiger charge is 2.49. The van der Waals surface area contributed by atoms with Crippen molar-refractivity contribution in [3.63, 3.8) is 0 Å². The van der Waals surface area contributed by atoms with E-state index in [1.54, 1.807) is 41.5 Å². The number of ether oxygens (including phenoxy) is 1. The average molecular weight is 624 g/mol. The standard InChI is InChI=1S/C25H39N2O10PS2/c1-24(2,3)22(31)39-12-10-34-38(33,35-11-13-40-23(32)25(4,5)6)36-15-17-18(28)19(29)21(37-17)27-9-7-8-16(14-27)20(26)30/h7-9,14,17-19,21,28-29H,10-13,15H2,1-6H3,(H-,26,30)/p+1/t17-,18?,19+,21-/m1/s1. The lowest BCUT2D eigenvalue weighted by atomic mass is 9.99. The number of pyridine rings is 1. The van der Waals surface area contributed by atoms with Crippen molar-refractivity contribution in [1.82, 2.24) is 0 Å². The highest BCUT2D eigenvalue weighted by molar-refractivity contribution is 8.14. The van der Waals surface area contributed by atoms with Crippen LogP contribution in [0.4, 0.5) is 0 Å². The molecular weight excluding hydrogens is 583 g/mol. The summed E-state index contributed by atoms with van der Waals surface area (Å²) in [5.74, 6) is -0.289. The molecule has 4 N–H and O–H groups in total. The minimum Gasteiger partial charge on any atom is -0.387 e. The van der Waals surface area contributed by atoms with Crippen molar-refractivity contribution < 1.29 is 52.0 Å². The van der Waals surface area contributed by atoms with Crippen LogP contribution in [0.2, 0.25) is 0 Å². The van der Waals surface area contributed by atoms with E-state index in [4.69, 9.17) is 24.0 Å². The molecule has 1 fully saturated rings. The Bertz CT molecular complexity index is 1050. The summed E-state index contributed by atoms with van der Waals surface area (Å²) in [6, 6.07) is 3.02. The quantitative estimate of drug-likeness (QED) is 0.167. The van der Waals surface area contributed by atoms with Crippen LogP contribution in [0.15, 0.2) is 24.5 Å². The number of carbonyl (C=O) groups excluding carboxylic acids is 3. The maximum absolute atomic E-state index is 13.4. The summed E-state index contributed by atoms with van der Waals surface area (Å²) in [6.45, 7) is 9.98. The number of aliphatic hydroxyl groups is 2. The summed E-state index contributed by atoms with van der Waals surface area (Å²) in [5.41, 5.74) is 4.38.